The lowest BCUT2D eigenvalue weighted by molar-refractivity contribution is -0.385. The predicted octanol–water partition coefficient (Wildman–Crippen LogP) is 2.42. The molecule has 11 nitrogen and oxygen atoms in total. The summed E-state index contributed by atoms with van der Waals surface area (Å²) in [5.41, 5.74) is -0.449. The molecule has 28 heavy (non-hydrogen) atoms. The standard InChI is InChI=1S/C16H7ClN6O5/c17-15-18-20-16(21-19-15)28-9-6-4-8(5-7-9)22-13(24)10-2-1-3-11(23(26)27)12(10)14(22)25/h1-7H. The highest BCUT2D eigenvalue weighted by atomic mass is 35.5. The molecule has 0 radical (unpaired) electrons. The van der Waals surface area contributed by atoms with Crippen LogP contribution in [0.15, 0.2) is 42.5 Å². The van der Waals surface area contributed by atoms with Crippen LogP contribution in [0, 0.1) is 10.1 Å². The van der Waals surface area contributed by atoms with Crippen LogP contribution in [0.5, 0.6) is 11.8 Å². The number of nitro benzene ring substituents is 1. The number of nitro groups is 1. The second-order valence-electron chi connectivity index (χ2n) is 5.45. The Morgan fingerprint density at radius 3 is 2.29 bits per heavy atom. The second kappa shape index (κ2) is 6.63. The Bertz CT molecular complexity index is 1120. The number of halogens is 1. The van der Waals surface area contributed by atoms with E-state index in [-0.39, 0.29) is 33.9 Å². The zero-order valence-corrected chi connectivity index (χ0v) is 14.4. The highest BCUT2D eigenvalue weighted by Gasteiger charge is 2.41. The number of carbonyl (C=O) groups is 2. The highest BCUT2D eigenvalue weighted by molar-refractivity contribution is 6.35. The number of nitrogens with zero attached hydrogens (tertiary/aromatic N) is 6. The van der Waals surface area contributed by atoms with Gasteiger partial charge in [-0.25, -0.2) is 4.90 Å². The number of ether oxygens (including phenoxy) is 1. The smallest absolute Gasteiger partial charge is 0.360 e. The van der Waals surface area contributed by atoms with Gasteiger partial charge >= 0.3 is 6.01 Å². The van der Waals surface area contributed by atoms with Crippen molar-refractivity contribution in [2.45, 2.75) is 0 Å². The molecule has 0 spiro atoms. The number of hydrogen-bond donors (Lipinski definition) is 0. The number of anilines is 1. The Labute approximate surface area is 160 Å². The second-order valence-corrected chi connectivity index (χ2v) is 5.79. The third kappa shape index (κ3) is 2.89. The first kappa shape index (κ1) is 17.4. The number of hydrogen-bond acceptors (Lipinski definition) is 9. The molecule has 0 saturated heterocycles. The van der Waals surface area contributed by atoms with Crippen molar-refractivity contribution >= 4 is 34.8 Å². The van der Waals surface area contributed by atoms with Gasteiger partial charge in [0.2, 0.25) is 0 Å². The molecule has 0 fully saturated rings. The van der Waals surface area contributed by atoms with Crippen LogP contribution in [0.3, 0.4) is 0 Å². The average Bonchev–Trinajstić information content (AvgIpc) is 2.95. The monoisotopic (exact) mass is 398 g/mol. The molecule has 0 bridgehead atoms. The van der Waals surface area contributed by atoms with Crippen LogP contribution in [0.1, 0.15) is 20.7 Å². The molecule has 0 N–H and O–H groups in total. The molecule has 2 aromatic carbocycles. The molecule has 12 heteroatoms. The summed E-state index contributed by atoms with van der Waals surface area (Å²) in [7, 11) is 0. The van der Waals surface area contributed by atoms with E-state index in [9.17, 15) is 19.7 Å². The number of benzene rings is 2. The van der Waals surface area contributed by atoms with Crippen molar-refractivity contribution in [1.82, 2.24) is 20.4 Å². The van der Waals surface area contributed by atoms with E-state index in [1.165, 1.54) is 42.5 Å². The molecular weight excluding hydrogens is 392 g/mol. The van der Waals surface area contributed by atoms with E-state index >= 15 is 0 Å². The van der Waals surface area contributed by atoms with E-state index in [2.05, 4.69) is 20.4 Å². The van der Waals surface area contributed by atoms with E-state index in [1.54, 1.807) is 0 Å². The van der Waals surface area contributed by atoms with Gasteiger partial charge in [0.1, 0.15) is 11.3 Å². The Balaban J connectivity index is 1.62. The molecule has 138 valence electrons. The number of amides is 2. The number of carbonyl (C=O) groups excluding carboxylic acids is 2. The number of rotatable bonds is 4. The van der Waals surface area contributed by atoms with Crippen LogP contribution in [-0.4, -0.2) is 37.1 Å². The molecule has 0 aliphatic carbocycles. The first-order valence-electron chi connectivity index (χ1n) is 7.62. The minimum Gasteiger partial charge on any atom is -0.422 e. The van der Waals surface area contributed by atoms with Gasteiger partial charge in [-0.15, -0.1) is 10.2 Å². The van der Waals surface area contributed by atoms with Crippen molar-refractivity contribution in [2.24, 2.45) is 0 Å². The quantitative estimate of drug-likeness (QED) is 0.367. The summed E-state index contributed by atoms with van der Waals surface area (Å²) in [6.07, 6.45) is 0. The Kier molecular flexibility index (Phi) is 4.12. The van der Waals surface area contributed by atoms with Gasteiger partial charge in [0, 0.05) is 6.07 Å². The minimum atomic E-state index is -0.768. The van der Waals surface area contributed by atoms with Crippen LogP contribution in [-0.2, 0) is 0 Å². The largest absolute Gasteiger partial charge is 0.422 e. The summed E-state index contributed by atoms with van der Waals surface area (Å²) in [6, 6.07) is 9.58. The van der Waals surface area contributed by atoms with Crippen molar-refractivity contribution in [1.29, 1.82) is 0 Å². The fraction of sp³-hybridized carbons (Fsp3) is 0. The van der Waals surface area contributed by atoms with Crippen molar-refractivity contribution in [3.8, 4) is 11.8 Å². The fourth-order valence-electron chi connectivity index (χ4n) is 2.67. The first-order chi connectivity index (χ1) is 13.5. The topological polar surface area (TPSA) is 141 Å². The van der Waals surface area contributed by atoms with Gasteiger partial charge in [-0.1, -0.05) is 16.3 Å². The van der Waals surface area contributed by atoms with Gasteiger partial charge in [-0.3, -0.25) is 19.7 Å². The summed E-state index contributed by atoms with van der Waals surface area (Å²) in [4.78, 5) is 36.6. The van der Waals surface area contributed by atoms with Crippen LogP contribution in [0.25, 0.3) is 0 Å². The minimum absolute atomic E-state index is 0.0220. The summed E-state index contributed by atoms with van der Waals surface area (Å²) in [5, 5.41) is 25.2. The summed E-state index contributed by atoms with van der Waals surface area (Å²) in [5.74, 6) is -1.13. The maximum Gasteiger partial charge on any atom is 0.360 e. The zero-order chi connectivity index (χ0) is 19.8. The molecule has 1 aliphatic rings. The van der Waals surface area contributed by atoms with Crippen LogP contribution in [0.2, 0.25) is 5.28 Å². The summed E-state index contributed by atoms with van der Waals surface area (Å²) in [6.45, 7) is 0. The summed E-state index contributed by atoms with van der Waals surface area (Å²) < 4.78 is 5.33. The van der Waals surface area contributed by atoms with Gasteiger partial charge in [-0.05, 0) is 41.9 Å². The van der Waals surface area contributed by atoms with Gasteiger partial charge in [0.25, 0.3) is 22.8 Å². The molecule has 1 aromatic heterocycles. The lowest BCUT2D eigenvalue weighted by Crippen LogP contribution is -2.29. The maximum absolute atomic E-state index is 12.7. The maximum atomic E-state index is 12.7. The Morgan fingerprint density at radius 2 is 1.64 bits per heavy atom. The molecule has 0 saturated carbocycles. The van der Waals surface area contributed by atoms with Crippen molar-refractivity contribution in [2.75, 3.05) is 4.90 Å². The third-order valence-corrected chi connectivity index (χ3v) is 3.98. The van der Waals surface area contributed by atoms with E-state index in [0.717, 1.165) is 4.90 Å². The molecule has 0 unspecified atom stereocenters. The van der Waals surface area contributed by atoms with Gasteiger partial charge < -0.3 is 4.74 Å². The van der Waals surface area contributed by atoms with E-state index in [1.807, 2.05) is 0 Å². The SMILES string of the molecule is O=C1c2cccc([N+](=O)[O-])c2C(=O)N1c1ccc(Oc2nnc(Cl)nn2)cc1. The zero-order valence-electron chi connectivity index (χ0n) is 13.6. The van der Waals surface area contributed by atoms with E-state index < -0.39 is 22.4 Å². The van der Waals surface area contributed by atoms with Crippen molar-refractivity contribution < 1.29 is 19.2 Å². The molecular formula is C16H7ClN6O5. The van der Waals surface area contributed by atoms with E-state index in [4.69, 9.17) is 16.3 Å². The van der Waals surface area contributed by atoms with Crippen molar-refractivity contribution in [3.05, 3.63) is 69.0 Å². The van der Waals surface area contributed by atoms with Crippen LogP contribution in [0.4, 0.5) is 11.4 Å². The molecule has 3 aromatic rings. The average molecular weight is 399 g/mol. The Hall–Kier alpha value is -3.99. The lowest BCUT2D eigenvalue weighted by Gasteiger charge is -2.14. The normalized spacial score (nSPS) is 12.8. The van der Waals surface area contributed by atoms with Crippen LogP contribution < -0.4 is 9.64 Å². The van der Waals surface area contributed by atoms with Crippen molar-refractivity contribution in [3.63, 3.8) is 0 Å². The van der Waals surface area contributed by atoms with Gasteiger partial charge in [0.05, 0.1) is 16.2 Å². The van der Waals surface area contributed by atoms with Gasteiger partial charge in [-0.2, -0.15) is 0 Å². The molecule has 4 rings (SSSR count). The fourth-order valence-corrected chi connectivity index (χ4v) is 2.75. The van der Waals surface area contributed by atoms with E-state index in [0.29, 0.717) is 0 Å². The first-order valence-corrected chi connectivity index (χ1v) is 8.00. The summed E-state index contributed by atoms with van der Waals surface area (Å²) >= 11 is 5.49. The number of aromatic nitrogens is 4. The number of fused-ring (bicyclic) bond motifs is 1. The Morgan fingerprint density at radius 1 is 0.964 bits per heavy atom. The predicted molar refractivity (Wildman–Crippen MR) is 93.4 cm³/mol. The lowest BCUT2D eigenvalue weighted by atomic mass is 10.1. The number of imide groups is 1. The van der Waals surface area contributed by atoms with Crippen LogP contribution >= 0.6 is 11.6 Å². The van der Waals surface area contributed by atoms with Gasteiger partial charge in [0.15, 0.2) is 0 Å². The highest BCUT2D eigenvalue weighted by Crippen LogP contribution is 2.34. The molecule has 1 aliphatic heterocycles. The molecule has 0 atom stereocenters. The third-order valence-electron chi connectivity index (χ3n) is 3.83. The molecule has 2 heterocycles. The molecule has 2 amide bonds.